The van der Waals surface area contributed by atoms with E-state index in [2.05, 4.69) is 31.2 Å². The molecule has 0 atom stereocenters. The predicted octanol–water partition coefficient (Wildman–Crippen LogP) is 11.4. The number of halogens is 4. The van der Waals surface area contributed by atoms with Crippen molar-refractivity contribution in [1.29, 1.82) is 0 Å². The van der Waals surface area contributed by atoms with Gasteiger partial charge in [-0.3, -0.25) is 0 Å². The van der Waals surface area contributed by atoms with E-state index in [4.69, 9.17) is 11.6 Å². The highest BCUT2D eigenvalue weighted by Crippen LogP contribution is 2.34. The first-order valence-corrected chi connectivity index (χ1v) is 16.3. The third-order valence-corrected chi connectivity index (χ3v) is 9.40. The first kappa shape index (κ1) is 31.7. The van der Waals surface area contributed by atoms with Gasteiger partial charge in [-0.2, -0.15) is 0 Å². The molecule has 3 aromatic rings. The Morgan fingerprint density at radius 2 is 1.07 bits per heavy atom. The lowest BCUT2D eigenvalue weighted by Gasteiger charge is -2.28. The van der Waals surface area contributed by atoms with Crippen LogP contribution in [0.1, 0.15) is 105 Å². The Kier molecular flexibility index (Phi) is 12.7. The zero-order valence-corrected chi connectivity index (χ0v) is 25.4. The zero-order chi connectivity index (χ0) is 29.0. The summed E-state index contributed by atoms with van der Waals surface area (Å²) in [5, 5.41) is 0.0492. The molecule has 0 radical (unpaired) electrons. The fourth-order valence-electron chi connectivity index (χ4n) is 6.36. The highest BCUT2D eigenvalue weighted by Gasteiger charge is 2.21. The second-order valence-electron chi connectivity index (χ2n) is 12.2. The fourth-order valence-corrected chi connectivity index (χ4v) is 6.48. The maximum absolute atomic E-state index is 14.8. The quantitative estimate of drug-likeness (QED) is 0.156. The minimum atomic E-state index is -0.511. The number of hydrogen-bond donors (Lipinski definition) is 0. The predicted molar refractivity (Wildman–Crippen MR) is 166 cm³/mol. The largest absolute Gasteiger partial charge is 0.207 e. The molecule has 0 spiro atoms. The van der Waals surface area contributed by atoms with Gasteiger partial charge in [-0.15, -0.1) is 0 Å². The van der Waals surface area contributed by atoms with Gasteiger partial charge in [-0.05, 0) is 110 Å². The van der Waals surface area contributed by atoms with Crippen LogP contribution in [0.25, 0.3) is 0 Å². The monoisotopic (exact) mass is 582 g/mol. The highest BCUT2D eigenvalue weighted by molar-refractivity contribution is 6.30. The topological polar surface area (TPSA) is 0 Å². The lowest BCUT2D eigenvalue weighted by atomic mass is 9.77. The lowest BCUT2D eigenvalue weighted by Crippen LogP contribution is -2.16. The number of hydrogen-bond acceptors (Lipinski definition) is 0. The van der Waals surface area contributed by atoms with E-state index in [9.17, 15) is 13.2 Å². The van der Waals surface area contributed by atoms with Crippen molar-refractivity contribution in [2.75, 3.05) is 0 Å². The third kappa shape index (κ3) is 10.2. The van der Waals surface area contributed by atoms with Crippen LogP contribution in [0.15, 0.2) is 54.6 Å². The van der Waals surface area contributed by atoms with E-state index in [1.54, 1.807) is 6.07 Å². The summed E-state index contributed by atoms with van der Waals surface area (Å²) < 4.78 is 43.2. The molecule has 222 valence electrons. The van der Waals surface area contributed by atoms with Gasteiger partial charge in [0.2, 0.25) is 0 Å². The van der Waals surface area contributed by atoms with Gasteiger partial charge in [-0.25, -0.2) is 13.2 Å². The van der Waals surface area contributed by atoms with Crippen LogP contribution in [0.4, 0.5) is 13.2 Å². The van der Waals surface area contributed by atoms with E-state index in [0.717, 1.165) is 24.3 Å². The van der Waals surface area contributed by atoms with Crippen molar-refractivity contribution in [2.24, 2.45) is 11.8 Å². The summed E-state index contributed by atoms with van der Waals surface area (Å²) in [4.78, 5) is 0. The summed E-state index contributed by atoms with van der Waals surface area (Å²) in [5.74, 6) is -0.0968. The van der Waals surface area contributed by atoms with Crippen LogP contribution in [0, 0.1) is 29.3 Å². The van der Waals surface area contributed by atoms with Gasteiger partial charge in [0.05, 0.1) is 5.02 Å². The standard InChI is InChI=1S/C37H46ClF3/c1-2-3-4-5-6-7-27-8-10-28(11-9-27)12-13-29-14-16-30(17-15-29)18-19-32-25-35(39)33(36(40)26-32)22-20-31-21-23-34(38)37(41)24-31/h8-11,21,23-26,29-30H,2-7,12-20,22H2,1H3. The molecular formula is C37H46ClF3. The van der Waals surface area contributed by atoms with Gasteiger partial charge in [-0.1, -0.05) is 100 Å². The maximum atomic E-state index is 14.8. The SMILES string of the molecule is CCCCCCCc1ccc(CCC2CCC(CCc3cc(F)c(CCc4ccc(Cl)c(F)c4)c(F)c3)CC2)cc1. The molecule has 0 saturated heterocycles. The van der Waals surface area contributed by atoms with Crippen molar-refractivity contribution in [2.45, 2.75) is 110 Å². The molecule has 0 nitrogen and oxygen atoms in total. The van der Waals surface area contributed by atoms with Gasteiger partial charge in [0.25, 0.3) is 0 Å². The summed E-state index contributed by atoms with van der Waals surface area (Å²) in [6.07, 6.45) is 17.4. The minimum absolute atomic E-state index is 0.0492. The molecule has 1 fully saturated rings. The molecule has 3 aromatic carbocycles. The van der Waals surface area contributed by atoms with E-state index >= 15 is 0 Å². The van der Waals surface area contributed by atoms with E-state index in [0.29, 0.717) is 24.3 Å². The van der Waals surface area contributed by atoms with Crippen LogP contribution in [0.3, 0.4) is 0 Å². The normalized spacial score (nSPS) is 17.2. The van der Waals surface area contributed by atoms with Crippen molar-refractivity contribution >= 4 is 11.6 Å². The van der Waals surface area contributed by atoms with Crippen molar-refractivity contribution in [3.63, 3.8) is 0 Å². The van der Waals surface area contributed by atoms with Crippen LogP contribution >= 0.6 is 11.6 Å². The van der Waals surface area contributed by atoms with Crippen LogP contribution in [0.2, 0.25) is 5.02 Å². The second kappa shape index (κ2) is 16.4. The molecule has 0 amide bonds. The second-order valence-corrected chi connectivity index (χ2v) is 12.6. The Morgan fingerprint density at radius 3 is 1.66 bits per heavy atom. The summed E-state index contributed by atoms with van der Waals surface area (Å²) in [7, 11) is 0. The molecule has 1 aliphatic rings. The average Bonchev–Trinajstić information content (AvgIpc) is 2.97. The molecule has 41 heavy (non-hydrogen) atoms. The number of benzene rings is 3. The molecule has 0 heterocycles. The minimum Gasteiger partial charge on any atom is -0.207 e. The Balaban J connectivity index is 1.15. The highest BCUT2D eigenvalue weighted by atomic mass is 35.5. The van der Waals surface area contributed by atoms with Crippen LogP contribution in [-0.2, 0) is 32.1 Å². The molecule has 0 aromatic heterocycles. The van der Waals surface area contributed by atoms with E-state index in [-0.39, 0.29) is 17.0 Å². The van der Waals surface area contributed by atoms with Crippen molar-refractivity contribution < 1.29 is 13.2 Å². The summed E-state index contributed by atoms with van der Waals surface area (Å²) in [5.41, 5.74) is 4.39. The van der Waals surface area contributed by atoms with E-state index in [1.807, 2.05) is 0 Å². The Hall–Kier alpha value is -2.26. The molecule has 0 unspecified atom stereocenters. The third-order valence-electron chi connectivity index (χ3n) is 9.09. The van der Waals surface area contributed by atoms with Crippen molar-refractivity contribution in [3.05, 3.63) is 105 Å². The van der Waals surface area contributed by atoms with Crippen molar-refractivity contribution in [1.82, 2.24) is 0 Å². The molecule has 0 bridgehead atoms. The smallest absolute Gasteiger partial charge is 0.142 e. The van der Waals surface area contributed by atoms with Gasteiger partial charge in [0, 0.05) is 5.56 Å². The van der Waals surface area contributed by atoms with Crippen LogP contribution in [-0.4, -0.2) is 0 Å². The fraction of sp³-hybridized carbons (Fsp3) is 0.514. The molecule has 1 aliphatic carbocycles. The Labute approximate surface area is 250 Å². The zero-order valence-electron chi connectivity index (χ0n) is 24.7. The molecule has 4 heteroatoms. The van der Waals surface area contributed by atoms with Gasteiger partial charge in [0.15, 0.2) is 0 Å². The maximum Gasteiger partial charge on any atom is 0.142 e. The average molecular weight is 583 g/mol. The molecule has 1 saturated carbocycles. The Bertz CT molecular complexity index is 1190. The number of rotatable bonds is 15. The van der Waals surface area contributed by atoms with Crippen molar-refractivity contribution in [3.8, 4) is 0 Å². The first-order chi connectivity index (χ1) is 19.9. The molecule has 0 N–H and O–H groups in total. The summed E-state index contributed by atoms with van der Waals surface area (Å²) in [6.45, 7) is 2.26. The molecule has 0 aliphatic heterocycles. The van der Waals surface area contributed by atoms with Crippen LogP contribution < -0.4 is 0 Å². The van der Waals surface area contributed by atoms with Gasteiger partial charge in [0.1, 0.15) is 17.5 Å². The first-order valence-electron chi connectivity index (χ1n) is 15.9. The summed E-state index contributed by atoms with van der Waals surface area (Å²) >= 11 is 5.73. The van der Waals surface area contributed by atoms with E-state index in [1.165, 1.54) is 106 Å². The van der Waals surface area contributed by atoms with E-state index < -0.39 is 17.5 Å². The lowest BCUT2D eigenvalue weighted by molar-refractivity contribution is 0.253. The summed E-state index contributed by atoms with van der Waals surface area (Å²) in [6, 6.07) is 16.8. The van der Waals surface area contributed by atoms with Gasteiger partial charge >= 0.3 is 0 Å². The number of aryl methyl sites for hydroxylation is 4. The molecule has 4 rings (SSSR count). The van der Waals surface area contributed by atoms with Gasteiger partial charge < -0.3 is 0 Å². The van der Waals surface area contributed by atoms with Crippen LogP contribution in [0.5, 0.6) is 0 Å². The Morgan fingerprint density at radius 1 is 0.561 bits per heavy atom. The molecular weight excluding hydrogens is 537 g/mol. The number of unbranched alkanes of at least 4 members (excludes halogenated alkanes) is 4.